The van der Waals surface area contributed by atoms with Gasteiger partial charge in [0, 0.05) is 21.3 Å². The second kappa shape index (κ2) is 9.06. The summed E-state index contributed by atoms with van der Waals surface area (Å²) < 4.78 is 8.03. The summed E-state index contributed by atoms with van der Waals surface area (Å²) in [5.41, 5.74) is 0.514. The van der Waals surface area contributed by atoms with E-state index >= 15 is 0 Å². The van der Waals surface area contributed by atoms with Gasteiger partial charge in [-0.2, -0.15) is 0 Å². The van der Waals surface area contributed by atoms with Crippen LogP contribution >= 0.6 is 31.9 Å². The molecule has 0 atom stereocenters. The van der Waals surface area contributed by atoms with Crippen molar-refractivity contribution in [3.8, 4) is 0 Å². The number of aliphatic hydroxyl groups is 1. The molecule has 7 heteroatoms. The second-order valence-corrected chi connectivity index (χ2v) is 14.3. The molecule has 0 aliphatic heterocycles. The van der Waals surface area contributed by atoms with Crippen LogP contribution in [0.2, 0.25) is 19.6 Å². The highest BCUT2D eigenvalue weighted by Crippen LogP contribution is 2.27. The number of hydrogen-bond acceptors (Lipinski definition) is 4. The van der Waals surface area contributed by atoms with Crippen molar-refractivity contribution in [2.45, 2.75) is 58.5 Å². The van der Waals surface area contributed by atoms with Crippen molar-refractivity contribution in [3.63, 3.8) is 0 Å². The lowest BCUT2D eigenvalue weighted by atomic mass is 10.4. The first-order valence-electron chi connectivity index (χ1n) is 8.37. The second-order valence-electron chi connectivity index (χ2n) is 8.01. The van der Waals surface area contributed by atoms with Crippen LogP contribution in [0.25, 0.3) is 0 Å². The van der Waals surface area contributed by atoms with E-state index in [1.807, 2.05) is 24.4 Å². The molecule has 0 spiro atoms. The van der Waals surface area contributed by atoms with Gasteiger partial charge in [0.15, 0.2) is 8.32 Å². The zero-order valence-electron chi connectivity index (χ0n) is 16.5. The van der Waals surface area contributed by atoms with E-state index in [1.165, 1.54) is 0 Å². The van der Waals surface area contributed by atoms with Crippen LogP contribution < -0.4 is 0 Å². The van der Waals surface area contributed by atoms with Crippen molar-refractivity contribution in [1.29, 1.82) is 0 Å². The summed E-state index contributed by atoms with van der Waals surface area (Å²) in [5.74, 6) is 0. The third-order valence-electron chi connectivity index (χ3n) is 3.26. The van der Waals surface area contributed by atoms with Crippen molar-refractivity contribution < 1.29 is 9.53 Å². The van der Waals surface area contributed by atoms with Crippen molar-refractivity contribution in [2.75, 3.05) is 0 Å². The Morgan fingerprint density at radius 3 is 1.58 bits per heavy atom. The van der Waals surface area contributed by atoms with Crippen LogP contribution in [-0.4, -0.2) is 23.4 Å². The Hall–Kier alpha value is -0.603. The molecule has 2 aromatic heterocycles. The van der Waals surface area contributed by atoms with Gasteiger partial charge in [-0.15, -0.1) is 0 Å². The van der Waals surface area contributed by atoms with Crippen LogP contribution in [0.15, 0.2) is 45.6 Å². The lowest BCUT2D eigenvalue weighted by Crippen LogP contribution is -2.37. The van der Waals surface area contributed by atoms with Crippen molar-refractivity contribution >= 4 is 40.2 Å². The Morgan fingerprint density at radius 2 is 1.27 bits per heavy atom. The standard InChI is InChI=1S/C11H18BrNOSi.C8H10BrNO/c1-11(2,14-15(3,4)5)10-7-6-9(12)8-13-10;1-8(2,11)7-4-3-6(9)5-10-7/h6-8H,1-5H3;3-5,11H,1-2H3/i1+1,2+1,11+1;1+1,2+1,8+1. The first-order valence-corrected chi connectivity index (χ1v) is 13.4. The Balaban J connectivity index is 0.000000273. The van der Waals surface area contributed by atoms with Crippen LogP contribution in [0.4, 0.5) is 0 Å². The minimum absolute atomic E-state index is 0.300. The van der Waals surface area contributed by atoms with Crippen LogP contribution in [-0.2, 0) is 15.6 Å². The Morgan fingerprint density at radius 1 is 0.846 bits per heavy atom. The summed E-state index contributed by atoms with van der Waals surface area (Å²) in [6, 6.07) is 7.66. The van der Waals surface area contributed by atoms with Gasteiger partial charge in [-0.25, -0.2) is 0 Å². The number of pyridine rings is 2. The molecule has 0 radical (unpaired) electrons. The van der Waals surface area contributed by atoms with E-state index in [0.29, 0.717) is 5.69 Å². The number of hydrogen-bond donors (Lipinski definition) is 1. The van der Waals surface area contributed by atoms with Crippen LogP contribution in [0.1, 0.15) is 39.1 Å². The van der Waals surface area contributed by atoms with Gasteiger partial charge in [0.2, 0.25) is 0 Å². The van der Waals surface area contributed by atoms with E-state index in [-0.39, 0.29) is 5.60 Å². The SMILES string of the molecule is C[Si](C)(C)O[13C]([13CH3])([13CH3])c1ccc(Br)cn1.[13CH3][13C]([13CH3])(O)c1ccc(Br)cn1. The van der Waals surface area contributed by atoms with Crippen LogP contribution in [0, 0.1) is 0 Å². The average molecular weight is 510 g/mol. The molecule has 2 rings (SSSR count). The highest BCUT2D eigenvalue weighted by atomic mass is 79.9. The van der Waals surface area contributed by atoms with Gasteiger partial charge in [0.1, 0.15) is 5.60 Å². The van der Waals surface area contributed by atoms with Gasteiger partial charge in [-0.3, -0.25) is 9.97 Å². The Labute approximate surface area is 174 Å². The normalized spacial score (nSPS) is 12.4. The van der Waals surface area contributed by atoms with E-state index in [2.05, 4.69) is 75.3 Å². The predicted octanol–water partition coefficient (Wildman–Crippen LogP) is 6.00. The van der Waals surface area contributed by atoms with Crippen LogP contribution in [0.3, 0.4) is 0 Å². The van der Waals surface area contributed by atoms with E-state index in [1.54, 1.807) is 26.1 Å². The Kier molecular flexibility index (Phi) is 8.17. The van der Waals surface area contributed by atoms with Gasteiger partial charge in [0.25, 0.3) is 0 Å². The summed E-state index contributed by atoms with van der Waals surface area (Å²) in [6.45, 7) is 14.1. The van der Waals surface area contributed by atoms with Crippen molar-refractivity contribution in [1.82, 2.24) is 9.97 Å². The summed E-state index contributed by atoms with van der Waals surface area (Å²) in [4.78, 5) is 8.44. The minimum atomic E-state index is -1.54. The first-order chi connectivity index (χ1) is 11.7. The monoisotopic (exact) mass is 508 g/mol. The molecule has 2 heterocycles. The van der Waals surface area contributed by atoms with Gasteiger partial charge in [-0.05, 0) is 103 Å². The fourth-order valence-electron chi connectivity index (χ4n) is 2.29. The van der Waals surface area contributed by atoms with Crippen LogP contribution in [0.5, 0.6) is 0 Å². The molecule has 2 aromatic rings. The number of aromatic nitrogens is 2. The summed E-state index contributed by atoms with van der Waals surface area (Å²) >= 11 is 6.65. The molecule has 0 fully saturated rings. The van der Waals surface area contributed by atoms with Crippen molar-refractivity contribution in [2.24, 2.45) is 0 Å². The summed E-state index contributed by atoms with van der Waals surface area (Å²) in [5, 5.41) is 9.50. The van der Waals surface area contributed by atoms with Gasteiger partial charge >= 0.3 is 0 Å². The molecule has 4 nitrogen and oxygen atoms in total. The third kappa shape index (κ3) is 8.39. The highest BCUT2D eigenvalue weighted by Gasteiger charge is 2.29. The lowest BCUT2D eigenvalue weighted by molar-refractivity contribution is 0.0738. The minimum Gasteiger partial charge on any atom is -0.407 e. The molecular formula is C19H28Br2N2O2Si. The molecule has 0 aliphatic carbocycles. The van der Waals surface area contributed by atoms with Gasteiger partial charge in [0.05, 0.1) is 17.0 Å². The molecule has 0 bridgehead atoms. The predicted molar refractivity (Wildman–Crippen MR) is 117 cm³/mol. The van der Waals surface area contributed by atoms with E-state index in [9.17, 15) is 5.11 Å². The van der Waals surface area contributed by atoms with E-state index in [0.717, 1.165) is 14.6 Å². The number of halogens is 2. The van der Waals surface area contributed by atoms with E-state index in [4.69, 9.17) is 4.43 Å². The molecule has 0 aromatic carbocycles. The highest BCUT2D eigenvalue weighted by molar-refractivity contribution is 9.10. The smallest absolute Gasteiger partial charge is 0.185 e. The van der Waals surface area contributed by atoms with Gasteiger partial charge < -0.3 is 9.53 Å². The molecule has 0 aliphatic rings. The molecule has 26 heavy (non-hydrogen) atoms. The molecule has 0 unspecified atom stereocenters. The topological polar surface area (TPSA) is 55.2 Å². The lowest BCUT2D eigenvalue weighted by Gasteiger charge is -2.32. The average Bonchev–Trinajstić information content (AvgIpc) is 2.45. The quantitative estimate of drug-likeness (QED) is 0.405. The molecule has 0 saturated heterocycles. The number of rotatable bonds is 4. The molecule has 144 valence electrons. The molecule has 0 amide bonds. The fourth-order valence-corrected chi connectivity index (χ4v) is 4.39. The van der Waals surface area contributed by atoms with Gasteiger partial charge in [-0.1, -0.05) is 0 Å². The first kappa shape index (κ1) is 23.4. The largest absolute Gasteiger partial charge is 0.407 e. The summed E-state index contributed by atoms with van der Waals surface area (Å²) in [7, 11) is -1.54. The zero-order chi connectivity index (χ0) is 20.2. The Bertz CT molecular complexity index is 691. The maximum atomic E-state index is 9.50. The zero-order valence-corrected chi connectivity index (χ0v) is 20.6. The molecular weight excluding hydrogens is 482 g/mol. The third-order valence-corrected chi connectivity index (χ3v) is 5.32. The maximum Gasteiger partial charge on any atom is 0.185 e. The molecule has 0 saturated carbocycles. The fraction of sp³-hybridized carbons (Fsp3) is 0.474. The van der Waals surface area contributed by atoms with Crippen molar-refractivity contribution in [3.05, 3.63) is 57.0 Å². The number of nitrogens with zero attached hydrogens (tertiary/aromatic N) is 2. The molecule has 1 N–H and O–H groups in total. The van der Waals surface area contributed by atoms with E-state index < -0.39 is 13.9 Å². The summed E-state index contributed by atoms with van der Waals surface area (Å²) in [6.07, 6.45) is 3.48. The maximum absolute atomic E-state index is 9.50.